The first-order valence-electron chi connectivity index (χ1n) is 4.75. The van der Waals surface area contributed by atoms with E-state index in [9.17, 15) is 9.90 Å². The highest BCUT2D eigenvalue weighted by Gasteiger charge is 2.45. The number of hydrogen-bond acceptors (Lipinski definition) is 4. The van der Waals surface area contributed by atoms with Gasteiger partial charge in [0.2, 0.25) is 0 Å². The van der Waals surface area contributed by atoms with Crippen molar-refractivity contribution in [3.8, 4) is 0 Å². The van der Waals surface area contributed by atoms with Crippen LogP contribution in [0.15, 0.2) is 12.2 Å². The maximum Gasteiger partial charge on any atom is 0.182 e. The van der Waals surface area contributed by atoms with Crippen molar-refractivity contribution in [3.05, 3.63) is 12.2 Å². The molecule has 0 saturated carbocycles. The molecule has 4 heteroatoms. The third-order valence-corrected chi connectivity index (χ3v) is 2.78. The fourth-order valence-electron chi connectivity index (χ4n) is 1.80. The van der Waals surface area contributed by atoms with Crippen molar-refractivity contribution in [2.45, 2.75) is 44.4 Å². The molecule has 1 N–H and O–H groups in total. The molecule has 14 heavy (non-hydrogen) atoms. The molecule has 4 atom stereocenters. The summed E-state index contributed by atoms with van der Waals surface area (Å²) >= 11 is 0. The van der Waals surface area contributed by atoms with Crippen LogP contribution < -0.4 is 0 Å². The molecule has 2 rings (SSSR count). The van der Waals surface area contributed by atoms with Crippen molar-refractivity contribution < 1.29 is 19.4 Å². The van der Waals surface area contributed by atoms with Gasteiger partial charge in [-0.1, -0.05) is 0 Å². The van der Waals surface area contributed by atoms with Gasteiger partial charge in [-0.05, 0) is 26.0 Å². The number of allylic oxidation sites excluding steroid dienone is 1. The Balaban J connectivity index is 2.24. The highest BCUT2D eigenvalue weighted by Crippen LogP contribution is 2.34. The van der Waals surface area contributed by atoms with E-state index in [0.717, 1.165) is 0 Å². The van der Waals surface area contributed by atoms with Crippen LogP contribution in [-0.2, 0) is 14.3 Å². The van der Waals surface area contributed by atoms with Gasteiger partial charge in [-0.2, -0.15) is 0 Å². The van der Waals surface area contributed by atoms with Gasteiger partial charge < -0.3 is 14.6 Å². The second kappa shape index (κ2) is 3.15. The van der Waals surface area contributed by atoms with E-state index in [1.807, 2.05) is 6.92 Å². The summed E-state index contributed by atoms with van der Waals surface area (Å²) in [5.41, 5.74) is -0.667. The summed E-state index contributed by atoms with van der Waals surface area (Å²) in [6, 6.07) is 0. The number of ketones is 1. The first-order valence-corrected chi connectivity index (χ1v) is 4.75. The van der Waals surface area contributed by atoms with Crippen molar-refractivity contribution in [3.63, 3.8) is 0 Å². The lowest BCUT2D eigenvalue weighted by molar-refractivity contribution is -0.302. The first kappa shape index (κ1) is 9.83. The Hall–Kier alpha value is -0.710. The molecule has 4 nitrogen and oxygen atoms in total. The Bertz CT molecular complexity index is 286. The number of aliphatic hydroxyl groups is 1. The summed E-state index contributed by atoms with van der Waals surface area (Å²) in [4.78, 5) is 11.2. The van der Waals surface area contributed by atoms with Crippen molar-refractivity contribution in [2.24, 2.45) is 0 Å². The van der Waals surface area contributed by atoms with E-state index >= 15 is 0 Å². The third kappa shape index (κ3) is 1.49. The molecule has 0 aromatic rings. The summed E-state index contributed by atoms with van der Waals surface area (Å²) in [7, 11) is 0. The van der Waals surface area contributed by atoms with Crippen LogP contribution in [0.1, 0.15) is 20.3 Å². The molecule has 2 aliphatic rings. The average Bonchev–Trinajstić information content (AvgIpc) is 2.10. The number of fused-ring (bicyclic) bond motifs is 1. The molecular formula is C10H14O4. The summed E-state index contributed by atoms with van der Waals surface area (Å²) in [5.74, 6) is 0.0414. The zero-order valence-corrected chi connectivity index (χ0v) is 8.27. The fourth-order valence-corrected chi connectivity index (χ4v) is 1.80. The van der Waals surface area contributed by atoms with Crippen molar-refractivity contribution in [1.29, 1.82) is 0 Å². The van der Waals surface area contributed by atoms with Crippen molar-refractivity contribution >= 4 is 5.78 Å². The van der Waals surface area contributed by atoms with Gasteiger partial charge in [0.05, 0.1) is 6.10 Å². The summed E-state index contributed by atoms with van der Waals surface area (Å²) < 4.78 is 11.0. The second-order valence-corrected chi connectivity index (χ2v) is 4.03. The van der Waals surface area contributed by atoms with Crippen LogP contribution in [-0.4, -0.2) is 35.0 Å². The molecule has 0 bridgehead atoms. The number of hydrogen-bond donors (Lipinski definition) is 1. The summed E-state index contributed by atoms with van der Waals surface area (Å²) in [5, 5.41) is 9.48. The third-order valence-electron chi connectivity index (χ3n) is 2.78. The van der Waals surface area contributed by atoms with Gasteiger partial charge in [0.15, 0.2) is 12.1 Å². The summed E-state index contributed by atoms with van der Waals surface area (Å²) in [6.45, 7) is 3.54. The summed E-state index contributed by atoms with van der Waals surface area (Å²) in [6.07, 6.45) is 1.89. The van der Waals surface area contributed by atoms with E-state index in [1.54, 1.807) is 13.0 Å². The SMILES string of the molecule is C[C@H]1O[C@H]2CC(=O)C=C[C@]2(C)OC1O. The minimum absolute atomic E-state index is 0.0414. The van der Waals surface area contributed by atoms with Crippen LogP contribution in [0.4, 0.5) is 0 Å². The molecule has 1 saturated heterocycles. The van der Waals surface area contributed by atoms with E-state index in [-0.39, 0.29) is 18.0 Å². The minimum Gasteiger partial charge on any atom is -0.366 e. The van der Waals surface area contributed by atoms with Gasteiger partial charge in [0, 0.05) is 6.42 Å². The molecule has 0 radical (unpaired) electrons. The van der Waals surface area contributed by atoms with E-state index < -0.39 is 11.9 Å². The number of aliphatic hydroxyl groups excluding tert-OH is 1. The molecule has 1 unspecified atom stereocenters. The molecule has 0 spiro atoms. The van der Waals surface area contributed by atoms with Crippen LogP contribution in [0.5, 0.6) is 0 Å². The molecule has 1 fully saturated rings. The second-order valence-electron chi connectivity index (χ2n) is 4.03. The quantitative estimate of drug-likeness (QED) is 0.612. The van der Waals surface area contributed by atoms with Crippen LogP contribution in [0, 0.1) is 0 Å². The number of rotatable bonds is 0. The van der Waals surface area contributed by atoms with Crippen LogP contribution in [0.3, 0.4) is 0 Å². The fraction of sp³-hybridized carbons (Fsp3) is 0.700. The van der Waals surface area contributed by atoms with Gasteiger partial charge in [0.1, 0.15) is 11.7 Å². The van der Waals surface area contributed by atoms with Gasteiger partial charge >= 0.3 is 0 Å². The predicted octanol–water partition coefficient (Wildman–Crippen LogP) is 0.396. The van der Waals surface area contributed by atoms with Gasteiger partial charge in [0.25, 0.3) is 0 Å². The molecule has 78 valence electrons. The number of ether oxygens (including phenoxy) is 2. The van der Waals surface area contributed by atoms with Crippen LogP contribution in [0.2, 0.25) is 0 Å². The maximum atomic E-state index is 11.2. The molecule has 1 aliphatic heterocycles. The van der Waals surface area contributed by atoms with Gasteiger partial charge in [-0.15, -0.1) is 0 Å². The zero-order valence-electron chi connectivity index (χ0n) is 8.27. The molecule has 0 aromatic heterocycles. The lowest BCUT2D eigenvalue weighted by atomic mass is 9.87. The monoisotopic (exact) mass is 198 g/mol. The predicted molar refractivity (Wildman–Crippen MR) is 48.6 cm³/mol. The zero-order chi connectivity index (χ0) is 10.3. The van der Waals surface area contributed by atoms with Crippen molar-refractivity contribution in [1.82, 2.24) is 0 Å². The van der Waals surface area contributed by atoms with E-state index in [4.69, 9.17) is 9.47 Å². The molecule has 0 aromatic carbocycles. The van der Waals surface area contributed by atoms with Gasteiger partial charge in [-0.3, -0.25) is 4.79 Å². The molecule has 0 amide bonds. The Kier molecular flexibility index (Phi) is 2.21. The number of carbonyl (C=O) groups excluding carboxylic acids is 1. The normalized spacial score (nSPS) is 47.6. The molecule has 1 aliphatic carbocycles. The largest absolute Gasteiger partial charge is 0.366 e. The minimum atomic E-state index is -0.922. The maximum absolute atomic E-state index is 11.2. The van der Waals surface area contributed by atoms with Crippen LogP contribution in [0.25, 0.3) is 0 Å². The average molecular weight is 198 g/mol. The number of carbonyl (C=O) groups is 1. The lowest BCUT2D eigenvalue weighted by Crippen LogP contribution is -2.56. The Morgan fingerprint density at radius 2 is 2.36 bits per heavy atom. The highest BCUT2D eigenvalue weighted by atomic mass is 16.7. The van der Waals surface area contributed by atoms with Crippen molar-refractivity contribution in [2.75, 3.05) is 0 Å². The highest BCUT2D eigenvalue weighted by molar-refractivity contribution is 5.91. The lowest BCUT2D eigenvalue weighted by Gasteiger charge is -2.45. The Morgan fingerprint density at radius 1 is 1.64 bits per heavy atom. The molecular weight excluding hydrogens is 184 g/mol. The van der Waals surface area contributed by atoms with Crippen LogP contribution >= 0.6 is 0 Å². The standard InChI is InChI=1S/C10H14O4/c1-6-9(12)14-10(2)4-3-7(11)5-8(10)13-6/h3-4,6,8-9,12H,5H2,1-2H3/t6-,8+,9?,10+/m1/s1. The van der Waals surface area contributed by atoms with E-state index in [1.165, 1.54) is 6.08 Å². The first-order chi connectivity index (χ1) is 6.51. The smallest absolute Gasteiger partial charge is 0.182 e. The Labute approximate surface area is 82.5 Å². The Morgan fingerprint density at radius 3 is 3.07 bits per heavy atom. The van der Waals surface area contributed by atoms with E-state index in [2.05, 4.69) is 0 Å². The topological polar surface area (TPSA) is 55.8 Å². The van der Waals surface area contributed by atoms with Gasteiger partial charge in [-0.25, -0.2) is 0 Å². The van der Waals surface area contributed by atoms with E-state index in [0.29, 0.717) is 6.42 Å². The molecule has 1 heterocycles.